The molecule has 0 aliphatic heterocycles. The molecule has 3 rings (SSSR count). The lowest BCUT2D eigenvalue weighted by atomic mass is 10.2. The van der Waals surface area contributed by atoms with Gasteiger partial charge in [-0.15, -0.1) is 0 Å². The first-order valence-electron chi connectivity index (χ1n) is 5.90. The molecule has 0 saturated carbocycles. The zero-order valence-corrected chi connectivity index (χ0v) is 11.2. The van der Waals surface area contributed by atoms with Crippen molar-refractivity contribution in [1.82, 2.24) is 4.98 Å². The summed E-state index contributed by atoms with van der Waals surface area (Å²) in [6, 6.07) is 10.5. The van der Waals surface area contributed by atoms with Gasteiger partial charge in [-0.3, -0.25) is 10.1 Å². The second kappa shape index (κ2) is 4.99. The van der Waals surface area contributed by atoms with Gasteiger partial charge >= 0.3 is 5.63 Å². The molecule has 104 valence electrons. The van der Waals surface area contributed by atoms with Crippen LogP contribution in [0.2, 0.25) is 5.02 Å². The first kappa shape index (κ1) is 13.3. The molecule has 1 heterocycles. The summed E-state index contributed by atoms with van der Waals surface area (Å²) in [6.45, 7) is 0. The first-order valence-corrected chi connectivity index (χ1v) is 6.28. The summed E-state index contributed by atoms with van der Waals surface area (Å²) < 4.78 is 5.12. The van der Waals surface area contributed by atoms with Gasteiger partial charge in [0, 0.05) is 12.1 Å². The van der Waals surface area contributed by atoms with Crippen molar-refractivity contribution in [3.05, 3.63) is 68.0 Å². The maximum absolute atomic E-state index is 11.9. The van der Waals surface area contributed by atoms with Gasteiger partial charge in [-0.1, -0.05) is 23.7 Å². The minimum Gasteiger partial charge on any atom is -0.403 e. The molecule has 7 heteroatoms. The van der Waals surface area contributed by atoms with Gasteiger partial charge in [0.25, 0.3) is 5.69 Å². The van der Waals surface area contributed by atoms with E-state index in [1.165, 1.54) is 18.2 Å². The van der Waals surface area contributed by atoms with Crippen molar-refractivity contribution in [2.75, 3.05) is 0 Å². The number of nitrogens with zero attached hydrogens (tertiary/aromatic N) is 2. The van der Waals surface area contributed by atoms with Crippen LogP contribution in [-0.4, -0.2) is 9.91 Å². The summed E-state index contributed by atoms with van der Waals surface area (Å²) in [6.07, 6.45) is 0. The molecule has 0 atom stereocenters. The monoisotopic (exact) mass is 302 g/mol. The van der Waals surface area contributed by atoms with Crippen molar-refractivity contribution in [1.29, 1.82) is 0 Å². The molecule has 1 aromatic heterocycles. The highest BCUT2D eigenvalue weighted by atomic mass is 35.5. The van der Waals surface area contributed by atoms with E-state index in [2.05, 4.69) is 4.98 Å². The molecule has 0 aliphatic rings. The Bertz CT molecular complexity index is 920. The predicted molar refractivity (Wildman–Crippen MR) is 77.4 cm³/mol. The third kappa shape index (κ3) is 2.36. The molecule has 2 aromatic carbocycles. The summed E-state index contributed by atoms with van der Waals surface area (Å²) in [5.41, 5.74) is -0.0924. The largest absolute Gasteiger partial charge is 0.403 e. The van der Waals surface area contributed by atoms with Crippen molar-refractivity contribution < 1.29 is 9.34 Å². The van der Waals surface area contributed by atoms with E-state index >= 15 is 0 Å². The topological polar surface area (TPSA) is 86.2 Å². The van der Waals surface area contributed by atoms with E-state index in [4.69, 9.17) is 16.0 Å². The first-order chi connectivity index (χ1) is 10.1. The molecule has 0 amide bonds. The number of para-hydroxylation sites is 1. The Hall–Kier alpha value is -2.73. The third-order valence-corrected chi connectivity index (χ3v) is 3.26. The quantitative estimate of drug-likeness (QED) is 0.535. The molecule has 3 aromatic rings. The molecule has 0 unspecified atom stereocenters. The van der Waals surface area contributed by atoms with Gasteiger partial charge in [-0.05, 0) is 18.2 Å². The summed E-state index contributed by atoms with van der Waals surface area (Å²) in [5.74, 6) is -0.0487. The number of rotatable bonds is 2. The number of hydrogen-bond acceptors (Lipinski definition) is 5. The Morgan fingerprint density at radius 1 is 1.19 bits per heavy atom. The number of fused-ring (bicyclic) bond motifs is 1. The second-order valence-corrected chi connectivity index (χ2v) is 4.65. The molecule has 0 N–H and O–H groups in total. The van der Waals surface area contributed by atoms with E-state index in [0.717, 1.165) is 0 Å². The third-order valence-electron chi connectivity index (χ3n) is 2.93. The standard InChI is InChI=1S/C14H7ClN2O4/c15-11-6-5-8(17(19)20)7-10(11)13-16-12-4-2-1-3-9(12)14(18)21-13/h1-7H. The van der Waals surface area contributed by atoms with Crippen molar-refractivity contribution in [2.45, 2.75) is 0 Å². The second-order valence-electron chi connectivity index (χ2n) is 4.24. The number of nitro groups is 1. The molecular formula is C14H7ClN2O4. The minimum atomic E-state index is -0.571. The highest BCUT2D eigenvalue weighted by Gasteiger charge is 2.16. The fraction of sp³-hybridized carbons (Fsp3) is 0. The van der Waals surface area contributed by atoms with Crippen LogP contribution in [0.3, 0.4) is 0 Å². The smallest absolute Gasteiger partial charge is 0.347 e. The number of halogens is 1. The van der Waals surface area contributed by atoms with Crippen LogP contribution in [0, 0.1) is 10.1 Å². The normalized spacial score (nSPS) is 10.7. The highest BCUT2D eigenvalue weighted by molar-refractivity contribution is 6.33. The summed E-state index contributed by atoms with van der Waals surface area (Å²) in [5, 5.41) is 11.4. The Labute approximate surface area is 122 Å². The number of nitro benzene ring substituents is 1. The maximum atomic E-state index is 11.9. The zero-order valence-electron chi connectivity index (χ0n) is 10.4. The molecule has 0 bridgehead atoms. The fourth-order valence-electron chi connectivity index (χ4n) is 1.92. The summed E-state index contributed by atoms with van der Waals surface area (Å²) in [7, 11) is 0. The van der Waals surface area contributed by atoms with E-state index < -0.39 is 10.5 Å². The minimum absolute atomic E-state index is 0.0487. The Morgan fingerprint density at radius 2 is 1.95 bits per heavy atom. The molecular weight excluding hydrogens is 296 g/mol. The van der Waals surface area contributed by atoms with Crippen molar-refractivity contribution in [3.63, 3.8) is 0 Å². The van der Waals surface area contributed by atoms with Crippen molar-refractivity contribution in [2.24, 2.45) is 0 Å². The Kier molecular flexibility index (Phi) is 3.15. The molecule has 0 aliphatic carbocycles. The Morgan fingerprint density at radius 3 is 2.71 bits per heavy atom. The molecule has 0 saturated heterocycles. The summed E-state index contributed by atoms with van der Waals surface area (Å²) >= 11 is 6.01. The van der Waals surface area contributed by atoms with Crippen LogP contribution in [0.4, 0.5) is 5.69 Å². The van der Waals surface area contributed by atoms with E-state index in [1.54, 1.807) is 24.3 Å². The van der Waals surface area contributed by atoms with Crippen molar-refractivity contribution in [3.8, 4) is 11.5 Å². The lowest BCUT2D eigenvalue weighted by Gasteiger charge is -2.03. The molecule has 21 heavy (non-hydrogen) atoms. The SMILES string of the molecule is O=c1oc(-c2cc([N+](=O)[O-])ccc2Cl)nc2ccccc12. The fourth-order valence-corrected chi connectivity index (χ4v) is 2.12. The van der Waals surface area contributed by atoms with Gasteiger partial charge in [0.05, 0.1) is 26.4 Å². The van der Waals surface area contributed by atoms with Gasteiger partial charge in [-0.25, -0.2) is 9.78 Å². The van der Waals surface area contributed by atoms with Gasteiger partial charge in [0.2, 0.25) is 5.89 Å². The summed E-state index contributed by atoms with van der Waals surface area (Å²) in [4.78, 5) is 26.4. The van der Waals surface area contributed by atoms with Gasteiger partial charge in [0.15, 0.2) is 0 Å². The number of aromatic nitrogens is 1. The van der Waals surface area contributed by atoms with Gasteiger partial charge in [-0.2, -0.15) is 0 Å². The average molecular weight is 303 g/mol. The number of benzene rings is 2. The average Bonchev–Trinajstić information content (AvgIpc) is 2.47. The highest BCUT2D eigenvalue weighted by Crippen LogP contribution is 2.30. The van der Waals surface area contributed by atoms with E-state index in [9.17, 15) is 14.9 Å². The van der Waals surface area contributed by atoms with Crippen LogP contribution >= 0.6 is 11.6 Å². The predicted octanol–water partition coefficient (Wildman–Crippen LogP) is 3.42. The molecule has 0 spiro atoms. The number of non-ortho nitro benzene ring substituents is 1. The maximum Gasteiger partial charge on any atom is 0.347 e. The van der Waals surface area contributed by atoms with Crippen LogP contribution < -0.4 is 5.63 Å². The van der Waals surface area contributed by atoms with E-state index in [1.807, 2.05) is 0 Å². The lowest BCUT2D eigenvalue weighted by Crippen LogP contribution is -2.03. The van der Waals surface area contributed by atoms with Crippen LogP contribution in [0.25, 0.3) is 22.4 Å². The van der Waals surface area contributed by atoms with Crippen LogP contribution in [-0.2, 0) is 0 Å². The lowest BCUT2D eigenvalue weighted by molar-refractivity contribution is -0.384. The van der Waals surface area contributed by atoms with E-state index in [-0.39, 0.29) is 22.2 Å². The van der Waals surface area contributed by atoms with Crippen molar-refractivity contribution >= 4 is 28.2 Å². The molecule has 0 fully saturated rings. The van der Waals surface area contributed by atoms with E-state index in [0.29, 0.717) is 10.9 Å². The zero-order chi connectivity index (χ0) is 15.0. The molecule has 6 nitrogen and oxygen atoms in total. The van der Waals surface area contributed by atoms with Crippen LogP contribution in [0.15, 0.2) is 51.7 Å². The van der Waals surface area contributed by atoms with Gasteiger partial charge < -0.3 is 4.42 Å². The van der Waals surface area contributed by atoms with Crippen LogP contribution in [0.5, 0.6) is 0 Å². The molecule has 0 radical (unpaired) electrons. The number of hydrogen-bond donors (Lipinski definition) is 0. The van der Waals surface area contributed by atoms with Gasteiger partial charge in [0.1, 0.15) is 0 Å². The Balaban J connectivity index is 2.28. The van der Waals surface area contributed by atoms with Crippen LogP contribution in [0.1, 0.15) is 0 Å².